The predicted octanol–water partition coefficient (Wildman–Crippen LogP) is 2.58. The van der Waals surface area contributed by atoms with Crippen molar-refractivity contribution in [1.82, 2.24) is 9.97 Å². The van der Waals surface area contributed by atoms with Crippen molar-refractivity contribution in [2.24, 2.45) is 5.92 Å². The molecule has 0 aliphatic heterocycles. The predicted molar refractivity (Wildman–Crippen MR) is 68.8 cm³/mol. The zero-order valence-corrected chi connectivity index (χ0v) is 10.8. The molecule has 1 atom stereocenters. The monoisotopic (exact) mass is 242 g/mol. The van der Waals surface area contributed by atoms with Crippen LogP contribution in [0.15, 0.2) is 6.33 Å². The van der Waals surface area contributed by atoms with Gasteiger partial charge in [-0.25, -0.2) is 9.97 Å². The molecule has 0 saturated heterocycles. The average Bonchev–Trinajstić information content (AvgIpc) is 2.29. The van der Waals surface area contributed by atoms with E-state index in [0.29, 0.717) is 16.8 Å². The molecular weight excluding hydrogens is 224 g/mol. The highest BCUT2D eigenvalue weighted by Crippen LogP contribution is 2.26. The molecule has 4 nitrogen and oxygen atoms in total. The first-order valence-electron chi connectivity index (χ1n) is 5.61. The van der Waals surface area contributed by atoms with E-state index >= 15 is 0 Å². The second-order valence-corrected chi connectivity index (χ2v) is 4.31. The van der Waals surface area contributed by atoms with Gasteiger partial charge in [0, 0.05) is 13.1 Å². The Morgan fingerprint density at radius 2 is 2.12 bits per heavy atom. The minimum absolute atomic E-state index is 0.326. The van der Waals surface area contributed by atoms with Gasteiger partial charge in [-0.15, -0.1) is 0 Å². The molecule has 1 heterocycles. The van der Waals surface area contributed by atoms with Crippen molar-refractivity contribution < 1.29 is 0 Å². The fourth-order valence-electron chi connectivity index (χ4n) is 1.49. The van der Waals surface area contributed by atoms with Crippen LogP contribution >= 0.6 is 11.6 Å². The van der Waals surface area contributed by atoms with E-state index in [-0.39, 0.29) is 0 Å². The van der Waals surface area contributed by atoms with Crippen LogP contribution in [0.1, 0.15) is 27.2 Å². The van der Waals surface area contributed by atoms with Crippen LogP contribution in [0.3, 0.4) is 0 Å². The lowest BCUT2D eigenvalue weighted by molar-refractivity contribution is 0.545. The molecule has 1 aromatic heterocycles. The largest absolute Gasteiger partial charge is 0.393 e. The number of rotatable bonds is 5. The third-order valence-electron chi connectivity index (χ3n) is 2.72. The van der Waals surface area contributed by atoms with Gasteiger partial charge in [0.2, 0.25) is 0 Å². The minimum Gasteiger partial charge on any atom is -0.393 e. The van der Waals surface area contributed by atoms with Crippen molar-refractivity contribution in [2.75, 3.05) is 23.7 Å². The van der Waals surface area contributed by atoms with E-state index in [1.165, 1.54) is 6.33 Å². The van der Waals surface area contributed by atoms with Gasteiger partial charge in [0.25, 0.3) is 0 Å². The van der Waals surface area contributed by atoms with Crippen LogP contribution in [0, 0.1) is 5.92 Å². The van der Waals surface area contributed by atoms with E-state index < -0.39 is 0 Å². The molecule has 1 unspecified atom stereocenters. The van der Waals surface area contributed by atoms with Gasteiger partial charge in [-0.2, -0.15) is 0 Å². The van der Waals surface area contributed by atoms with Gasteiger partial charge in [0.1, 0.15) is 12.0 Å². The average molecular weight is 243 g/mol. The number of hydrogen-bond acceptors (Lipinski definition) is 4. The van der Waals surface area contributed by atoms with Gasteiger partial charge in [-0.05, 0) is 12.8 Å². The van der Waals surface area contributed by atoms with E-state index in [0.717, 1.165) is 25.3 Å². The molecule has 0 aliphatic rings. The number of aromatic nitrogens is 2. The molecule has 0 radical (unpaired) electrons. The molecule has 0 spiro atoms. The van der Waals surface area contributed by atoms with Gasteiger partial charge >= 0.3 is 0 Å². The van der Waals surface area contributed by atoms with E-state index in [1.807, 2.05) is 0 Å². The van der Waals surface area contributed by atoms with E-state index in [4.69, 9.17) is 17.3 Å². The summed E-state index contributed by atoms with van der Waals surface area (Å²) in [6.45, 7) is 8.26. The maximum absolute atomic E-state index is 5.88. The zero-order valence-electron chi connectivity index (χ0n) is 10.1. The van der Waals surface area contributed by atoms with Gasteiger partial charge in [-0.1, -0.05) is 31.9 Å². The van der Waals surface area contributed by atoms with Gasteiger partial charge < -0.3 is 10.6 Å². The Labute approximate surface area is 102 Å². The number of nitrogens with two attached hydrogens (primary N) is 1. The molecule has 0 aliphatic carbocycles. The van der Waals surface area contributed by atoms with Gasteiger partial charge in [0.15, 0.2) is 11.0 Å². The lowest BCUT2D eigenvalue weighted by atomic mass is 10.1. The molecule has 2 N–H and O–H groups in total. The van der Waals surface area contributed by atoms with Crippen LogP contribution in [0.2, 0.25) is 5.15 Å². The standard InChI is InChI=1S/C11H19ClN4/c1-4-8(3)6-16(5-2)11-9(13)10(12)14-7-15-11/h7-8H,4-6,13H2,1-3H3. The number of halogens is 1. The molecule has 0 fully saturated rings. The van der Waals surface area contributed by atoms with Crippen molar-refractivity contribution in [2.45, 2.75) is 27.2 Å². The quantitative estimate of drug-likeness (QED) is 0.807. The SMILES string of the molecule is CCC(C)CN(CC)c1ncnc(Cl)c1N. The van der Waals surface area contributed by atoms with Gasteiger partial charge in [0.05, 0.1) is 0 Å². The third kappa shape index (κ3) is 2.98. The maximum atomic E-state index is 5.88. The summed E-state index contributed by atoms with van der Waals surface area (Å²) in [4.78, 5) is 10.2. The summed E-state index contributed by atoms with van der Waals surface area (Å²) < 4.78 is 0. The van der Waals surface area contributed by atoms with Crippen molar-refractivity contribution in [3.8, 4) is 0 Å². The second-order valence-electron chi connectivity index (χ2n) is 3.95. The summed E-state index contributed by atoms with van der Waals surface area (Å²) in [7, 11) is 0. The van der Waals surface area contributed by atoms with Crippen LogP contribution < -0.4 is 10.6 Å². The Balaban J connectivity index is 2.90. The Bertz CT molecular complexity index is 343. The van der Waals surface area contributed by atoms with Crippen LogP contribution in [-0.4, -0.2) is 23.1 Å². The highest BCUT2D eigenvalue weighted by atomic mass is 35.5. The van der Waals surface area contributed by atoms with Crippen LogP contribution in [0.4, 0.5) is 11.5 Å². The fourth-order valence-corrected chi connectivity index (χ4v) is 1.62. The summed E-state index contributed by atoms with van der Waals surface area (Å²) in [5, 5.41) is 0.326. The highest BCUT2D eigenvalue weighted by Gasteiger charge is 2.14. The lowest BCUT2D eigenvalue weighted by Crippen LogP contribution is -2.29. The molecule has 90 valence electrons. The fraction of sp³-hybridized carbons (Fsp3) is 0.636. The van der Waals surface area contributed by atoms with Crippen molar-refractivity contribution in [1.29, 1.82) is 0 Å². The molecule has 1 rings (SSSR count). The molecule has 16 heavy (non-hydrogen) atoms. The molecule has 0 amide bonds. The highest BCUT2D eigenvalue weighted by molar-refractivity contribution is 6.32. The Kier molecular flexibility index (Phi) is 4.80. The summed E-state index contributed by atoms with van der Waals surface area (Å²) in [6, 6.07) is 0. The number of hydrogen-bond donors (Lipinski definition) is 1. The minimum atomic E-state index is 0.326. The first-order valence-corrected chi connectivity index (χ1v) is 5.98. The summed E-state index contributed by atoms with van der Waals surface area (Å²) >= 11 is 5.88. The normalized spacial score (nSPS) is 12.5. The Morgan fingerprint density at radius 1 is 1.44 bits per heavy atom. The maximum Gasteiger partial charge on any atom is 0.157 e. The van der Waals surface area contributed by atoms with Crippen molar-refractivity contribution in [3.05, 3.63) is 11.5 Å². The number of anilines is 2. The summed E-state index contributed by atoms with van der Waals surface area (Å²) in [5.41, 5.74) is 6.34. The summed E-state index contributed by atoms with van der Waals surface area (Å²) in [5.74, 6) is 1.34. The Hall–Kier alpha value is -1.03. The zero-order chi connectivity index (χ0) is 12.1. The van der Waals surface area contributed by atoms with Crippen LogP contribution in [-0.2, 0) is 0 Å². The van der Waals surface area contributed by atoms with Crippen molar-refractivity contribution in [3.63, 3.8) is 0 Å². The molecule has 5 heteroatoms. The molecule has 0 saturated carbocycles. The Morgan fingerprint density at radius 3 is 2.69 bits per heavy atom. The molecule has 0 aromatic carbocycles. The molecule has 0 bridgehead atoms. The smallest absolute Gasteiger partial charge is 0.157 e. The number of nitrogen functional groups attached to an aromatic ring is 1. The third-order valence-corrected chi connectivity index (χ3v) is 3.03. The molecular formula is C11H19ClN4. The van der Waals surface area contributed by atoms with Crippen LogP contribution in [0.25, 0.3) is 0 Å². The van der Waals surface area contributed by atoms with E-state index in [2.05, 4.69) is 35.6 Å². The van der Waals surface area contributed by atoms with E-state index in [9.17, 15) is 0 Å². The first-order chi connectivity index (χ1) is 7.60. The van der Waals surface area contributed by atoms with Gasteiger partial charge in [-0.3, -0.25) is 0 Å². The van der Waals surface area contributed by atoms with Crippen LogP contribution in [0.5, 0.6) is 0 Å². The first kappa shape index (κ1) is 13.0. The van der Waals surface area contributed by atoms with Crippen molar-refractivity contribution >= 4 is 23.1 Å². The van der Waals surface area contributed by atoms with E-state index in [1.54, 1.807) is 0 Å². The molecule has 1 aromatic rings. The lowest BCUT2D eigenvalue weighted by Gasteiger charge is -2.26. The summed E-state index contributed by atoms with van der Waals surface area (Å²) in [6.07, 6.45) is 2.59. The topological polar surface area (TPSA) is 55.0 Å². The second kappa shape index (κ2) is 5.89. The number of nitrogens with zero attached hydrogens (tertiary/aromatic N) is 3.